The maximum Gasteiger partial charge on any atom is 0.122 e. The van der Waals surface area contributed by atoms with Crippen molar-refractivity contribution in [3.63, 3.8) is 0 Å². The quantitative estimate of drug-likeness (QED) is 0.574. The highest BCUT2D eigenvalue weighted by molar-refractivity contribution is 7.80. The van der Waals surface area contributed by atoms with Crippen LogP contribution in [0.5, 0.6) is 0 Å². The Balaban J connectivity index is 2.35. The smallest absolute Gasteiger partial charge is 0.122 e. The first kappa shape index (κ1) is 12.9. The zero-order valence-electron chi connectivity index (χ0n) is 9.73. The number of thiocarbonyl (C=S) groups is 1. The van der Waals surface area contributed by atoms with Gasteiger partial charge in [0.25, 0.3) is 0 Å². The molecule has 0 aliphatic heterocycles. The predicted molar refractivity (Wildman–Crippen MR) is 71.8 cm³/mol. The normalized spacial score (nSPS) is 10.4. The lowest BCUT2D eigenvalue weighted by molar-refractivity contribution is 0.405. The van der Waals surface area contributed by atoms with E-state index >= 15 is 0 Å². The molecule has 1 aromatic rings. The van der Waals surface area contributed by atoms with Crippen LogP contribution < -0.4 is 11.1 Å². The minimum absolute atomic E-state index is 0.333. The molecule has 16 heavy (non-hydrogen) atoms. The minimum atomic E-state index is 0.333. The fourth-order valence-electron chi connectivity index (χ4n) is 1.27. The molecule has 0 saturated heterocycles. The van der Waals surface area contributed by atoms with Crippen LogP contribution in [0, 0.1) is 0 Å². The summed E-state index contributed by atoms with van der Waals surface area (Å²) in [4.78, 5) is 6.65. The molecule has 0 unspecified atom stereocenters. The number of nitrogens with zero attached hydrogens (tertiary/aromatic N) is 2. The molecule has 0 fully saturated rings. The van der Waals surface area contributed by atoms with Gasteiger partial charge in [0, 0.05) is 6.54 Å². The van der Waals surface area contributed by atoms with Gasteiger partial charge < -0.3 is 16.0 Å². The van der Waals surface area contributed by atoms with Crippen LogP contribution >= 0.6 is 12.2 Å². The summed E-state index contributed by atoms with van der Waals surface area (Å²) in [6.45, 7) is 2.01. The summed E-state index contributed by atoms with van der Waals surface area (Å²) in [5.74, 6) is 0. The third kappa shape index (κ3) is 4.55. The first-order chi connectivity index (χ1) is 7.59. The van der Waals surface area contributed by atoms with E-state index in [4.69, 9.17) is 18.0 Å². The monoisotopic (exact) mass is 238 g/mol. The number of pyridine rings is 1. The molecular formula is C11H18N4S. The molecule has 3 N–H and O–H groups in total. The van der Waals surface area contributed by atoms with Crippen molar-refractivity contribution in [3.8, 4) is 0 Å². The Hall–Kier alpha value is -1.20. The van der Waals surface area contributed by atoms with E-state index in [1.165, 1.54) is 0 Å². The third-order valence-electron chi connectivity index (χ3n) is 2.13. The molecule has 4 nitrogen and oxygen atoms in total. The Bertz CT molecular complexity index is 334. The Morgan fingerprint density at radius 2 is 2.25 bits per heavy atom. The maximum atomic E-state index is 5.46. The predicted octanol–water partition coefficient (Wildman–Crippen LogP) is 1.08. The van der Waals surface area contributed by atoms with Gasteiger partial charge in [-0.25, -0.2) is 0 Å². The second-order valence-corrected chi connectivity index (χ2v) is 4.32. The lowest BCUT2D eigenvalue weighted by Crippen LogP contribution is -2.16. The van der Waals surface area contributed by atoms with Gasteiger partial charge in [-0.1, -0.05) is 12.2 Å². The van der Waals surface area contributed by atoms with E-state index in [9.17, 15) is 0 Å². The van der Waals surface area contributed by atoms with E-state index in [1.54, 1.807) is 6.20 Å². The largest absolute Gasteiger partial charge is 0.388 e. The molecule has 0 atom stereocenters. The van der Waals surface area contributed by atoms with E-state index in [2.05, 4.69) is 29.3 Å². The number of aromatic nitrogens is 1. The lowest BCUT2D eigenvalue weighted by Gasteiger charge is -2.10. The van der Waals surface area contributed by atoms with Gasteiger partial charge in [0.2, 0.25) is 0 Å². The Labute approximate surface area is 102 Å². The van der Waals surface area contributed by atoms with Crippen LogP contribution in [0.15, 0.2) is 18.3 Å². The van der Waals surface area contributed by atoms with Crippen molar-refractivity contribution >= 4 is 22.9 Å². The average Bonchev–Trinajstić information content (AvgIpc) is 2.25. The molecule has 88 valence electrons. The van der Waals surface area contributed by atoms with Gasteiger partial charge in [0.05, 0.1) is 17.6 Å². The van der Waals surface area contributed by atoms with Crippen molar-refractivity contribution in [2.24, 2.45) is 5.73 Å². The van der Waals surface area contributed by atoms with Gasteiger partial charge in [-0.3, -0.25) is 4.98 Å². The molecule has 1 aromatic heterocycles. The SMILES string of the molecule is CN(C)CCCNc1ccc(C(N)=S)nc1. The average molecular weight is 238 g/mol. The highest BCUT2D eigenvalue weighted by atomic mass is 32.1. The number of anilines is 1. The van der Waals surface area contributed by atoms with Crippen molar-refractivity contribution in [3.05, 3.63) is 24.0 Å². The van der Waals surface area contributed by atoms with Gasteiger partial charge in [0.1, 0.15) is 4.99 Å². The van der Waals surface area contributed by atoms with Crippen LogP contribution in [0.2, 0.25) is 0 Å². The lowest BCUT2D eigenvalue weighted by atomic mass is 10.3. The van der Waals surface area contributed by atoms with Crippen molar-refractivity contribution in [1.29, 1.82) is 0 Å². The molecule has 0 radical (unpaired) electrons. The number of rotatable bonds is 6. The van der Waals surface area contributed by atoms with E-state index in [-0.39, 0.29) is 0 Å². The van der Waals surface area contributed by atoms with E-state index in [0.717, 1.165) is 25.2 Å². The van der Waals surface area contributed by atoms with Crippen LogP contribution in [0.1, 0.15) is 12.1 Å². The van der Waals surface area contributed by atoms with Crippen LogP contribution in [-0.2, 0) is 0 Å². The molecule has 0 spiro atoms. The molecule has 0 aliphatic rings. The zero-order chi connectivity index (χ0) is 12.0. The van der Waals surface area contributed by atoms with Gasteiger partial charge in [0.15, 0.2) is 0 Å². The molecule has 0 saturated carbocycles. The third-order valence-corrected chi connectivity index (χ3v) is 2.34. The maximum absolute atomic E-state index is 5.46. The van der Waals surface area contributed by atoms with E-state index in [1.807, 2.05) is 12.1 Å². The summed E-state index contributed by atoms with van der Waals surface area (Å²) in [5.41, 5.74) is 7.12. The second-order valence-electron chi connectivity index (χ2n) is 3.88. The summed E-state index contributed by atoms with van der Waals surface area (Å²) in [6, 6.07) is 3.77. The van der Waals surface area contributed by atoms with Gasteiger partial charge in [-0.15, -0.1) is 0 Å². The van der Waals surface area contributed by atoms with E-state index < -0.39 is 0 Å². The first-order valence-electron chi connectivity index (χ1n) is 5.24. The standard InChI is InChI=1S/C11H18N4S/c1-15(2)7-3-6-13-9-4-5-10(11(12)16)14-8-9/h4-5,8,13H,3,6-7H2,1-2H3,(H2,12,16). The number of hydrogen-bond acceptors (Lipinski definition) is 4. The summed E-state index contributed by atoms with van der Waals surface area (Å²) < 4.78 is 0. The van der Waals surface area contributed by atoms with Crippen LogP contribution in [0.3, 0.4) is 0 Å². The molecule has 1 rings (SSSR count). The summed E-state index contributed by atoms with van der Waals surface area (Å²) >= 11 is 4.83. The van der Waals surface area contributed by atoms with Gasteiger partial charge in [-0.05, 0) is 39.2 Å². The van der Waals surface area contributed by atoms with Crippen molar-refractivity contribution in [2.45, 2.75) is 6.42 Å². The Morgan fingerprint density at radius 3 is 2.75 bits per heavy atom. The summed E-state index contributed by atoms with van der Waals surface area (Å²) in [7, 11) is 4.14. The minimum Gasteiger partial charge on any atom is -0.388 e. The van der Waals surface area contributed by atoms with Gasteiger partial charge >= 0.3 is 0 Å². The molecule has 0 aromatic carbocycles. The molecular weight excluding hydrogens is 220 g/mol. The van der Waals surface area contributed by atoms with Crippen LogP contribution in [0.4, 0.5) is 5.69 Å². The highest BCUT2D eigenvalue weighted by Gasteiger charge is 1.98. The number of hydrogen-bond donors (Lipinski definition) is 2. The fraction of sp³-hybridized carbons (Fsp3) is 0.455. The topological polar surface area (TPSA) is 54.2 Å². The first-order valence-corrected chi connectivity index (χ1v) is 5.65. The van der Waals surface area contributed by atoms with Crippen LogP contribution in [-0.4, -0.2) is 42.1 Å². The molecule has 1 heterocycles. The van der Waals surface area contributed by atoms with Crippen LogP contribution in [0.25, 0.3) is 0 Å². The highest BCUT2D eigenvalue weighted by Crippen LogP contribution is 2.05. The molecule has 0 amide bonds. The number of nitrogens with two attached hydrogens (primary N) is 1. The number of nitrogens with one attached hydrogen (secondary N) is 1. The second kappa shape index (κ2) is 6.40. The molecule has 5 heteroatoms. The zero-order valence-corrected chi connectivity index (χ0v) is 10.5. The Kier molecular flexibility index (Phi) is 5.14. The van der Waals surface area contributed by atoms with E-state index in [0.29, 0.717) is 10.7 Å². The molecule has 0 aliphatic carbocycles. The summed E-state index contributed by atoms with van der Waals surface area (Å²) in [6.07, 6.45) is 2.86. The fourth-order valence-corrected chi connectivity index (χ4v) is 1.39. The molecule has 0 bridgehead atoms. The van der Waals surface area contributed by atoms with Crippen molar-refractivity contribution in [1.82, 2.24) is 9.88 Å². The van der Waals surface area contributed by atoms with Gasteiger partial charge in [-0.2, -0.15) is 0 Å². The van der Waals surface area contributed by atoms with Crippen molar-refractivity contribution in [2.75, 3.05) is 32.5 Å². The summed E-state index contributed by atoms with van der Waals surface area (Å²) in [5, 5.41) is 3.29. The Morgan fingerprint density at radius 1 is 1.50 bits per heavy atom. The van der Waals surface area contributed by atoms with Crippen molar-refractivity contribution < 1.29 is 0 Å².